The molecule has 2 rings (SSSR count). The minimum atomic E-state index is -2.13. The standard InChI is InChI=1S/C17H33NO4Si/c1-15(2,3)21-14(20)18-12-9-10-17(18,13(19)11-12)22-23(7,8)16(4,5)6/h12-13,19H,9-11H2,1-8H3. The summed E-state index contributed by atoms with van der Waals surface area (Å²) in [5.41, 5.74) is -1.46. The number of ether oxygens (including phenoxy) is 1. The Bertz CT molecular complexity index is 480. The van der Waals surface area contributed by atoms with Crippen LogP contribution in [-0.2, 0) is 9.16 Å². The normalized spacial score (nSPS) is 31.6. The molecule has 2 bridgehead atoms. The number of hydrogen-bond acceptors (Lipinski definition) is 4. The molecule has 2 fully saturated rings. The average molecular weight is 344 g/mol. The molecule has 0 aromatic heterocycles. The maximum Gasteiger partial charge on any atom is 0.412 e. The number of carbonyl (C=O) groups is 1. The Balaban J connectivity index is 2.31. The zero-order valence-electron chi connectivity index (χ0n) is 15.9. The van der Waals surface area contributed by atoms with Gasteiger partial charge in [-0.1, -0.05) is 20.8 Å². The van der Waals surface area contributed by atoms with E-state index in [1.165, 1.54) is 0 Å². The second kappa shape index (κ2) is 5.46. The smallest absolute Gasteiger partial charge is 0.412 e. The van der Waals surface area contributed by atoms with Crippen LogP contribution in [-0.4, -0.2) is 47.9 Å². The van der Waals surface area contributed by atoms with Gasteiger partial charge < -0.3 is 14.3 Å². The van der Waals surface area contributed by atoms with Gasteiger partial charge in [0, 0.05) is 6.04 Å². The SMILES string of the molecule is CC(C)(C)OC(=O)N1C2CCC1(O[Si](C)(C)C(C)(C)C)C(O)C2. The maximum atomic E-state index is 12.7. The molecule has 134 valence electrons. The molecule has 3 atom stereocenters. The Hall–Kier alpha value is -0.593. The number of nitrogens with zero attached hydrogens (tertiary/aromatic N) is 1. The molecule has 0 spiro atoms. The van der Waals surface area contributed by atoms with Crippen LogP contribution in [0.3, 0.4) is 0 Å². The van der Waals surface area contributed by atoms with Crippen LogP contribution >= 0.6 is 0 Å². The van der Waals surface area contributed by atoms with Gasteiger partial charge >= 0.3 is 6.09 Å². The fourth-order valence-electron chi connectivity index (χ4n) is 3.30. The van der Waals surface area contributed by atoms with Crippen LogP contribution in [0, 0.1) is 0 Å². The lowest BCUT2D eigenvalue weighted by atomic mass is 9.95. The summed E-state index contributed by atoms with van der Waals surface area (Å²) < 4.78 is 12.2. The molecule has 2 heterocycles. The summed E-state index contributed by atoms with van der Waals surface area (Å²) >= 11 is 0. The van der Waals surface area contributed by atoms with Crippen LogP contribution in [0.1, 0.15) is 60.8 Å². The predicted octanol–water partition coefficient (Wildman–Crippen LogP) is 3.87. The quantitative estimate of drug-likeness (QED) is 0.773. The van der Waals surface area contributed by atoms with Gasteiger partial charge in [0.2, 0.25) is 0 Å². The second-order valence-corrected chi connectivity index (χ2v) is 14.2. The molecule has 2 aliphatic heterocycles. The van der Waals surface area contributed by atoms with Crippen LogP contribution in [0.2, 0.25) is 18.1 Å². The molecule has 0 aromatic rings. The largest absolute Gasteiger partial charge is 0.444 e. The first kappa shape index (κ1) is 18.7. The zero-order valence-corrected chi connectivity index (χ0v) is 16.9. The Kier molecular flexibility index (Phi) is 4.45. The minimum Gasteiger partial charge on any atom is -0.444 e. The van der Waals surface area contributed by atoms with Crippen molar-refractivity contribution in [2.45, 2.75) is 102 Å². The van der Waals surface area contributed by atoms with E-state index in [1.54, 1.807) is 4.90 Å². The lowest BCUT2D eigenvalue weighted by Crippen LogP contribution is -2.60. The third-order valence-corrected chi connectivity index (χ3v) is 9.93. The number of aliphatic hydroxyl groups is 1. The summed E-state index contributed by atoms with van der Waals surface area (Å²) in [4.78, 5) is 14.4. The van der Waals surface area contributed by atoms with E-state index in [4.69, 9.17) is 9.16 Å². The topological polar surface area (TPSA) is 59.0 Å². The van der Waals surface area contributed by atoms with Crippen molar-refractivity contribution < 1.29 is 19.1 Å². The molecule has 1 N–H and O–H groups in total. The molecule has 23 heavy (non-hydrogen) atoms. The Morgan fingerprint density at radius 2 is 1.78 bits per heavy atom. The van der Waals surface area contributed by atoms with Crippen molar-refractivity contribution in [2.24, 2.45) is 0 Å². The van der Waals surface area contributed by atoms with Gasteiger partial charge in [-0.15, -0.1) is 0 Å². The summed E-state index contributed by atoms with van der Waals surface area (Å²) in [6, 6.07) is 0.0182. The Morgan fingerprint density at radius 3 is 2.22 bits per heavy atom. The van der Waals surface area contributed by atoms with Gasteiger partial charge in [-0.25, -0.2) is 4.79 Å². The third-order valence-electron chi connectivity index (χ3n) is 5.45. The van der Waals surface area contributed by atoms with Crippen molar-refractivity contribution >= 4 is 14.4 Å². The first-order valence-corrected chi connectivity index (χ1v) is 11.5. The Morgan fingerprint density at radius 1 is 1.22 bits per heavy atom. The number of hydrogen-bond donors (Lipinski definition) is 1. The molecule has 6 heteroatoms. The third kappa shape index (κ3) is 3.30. The lowest BCUT2D eigenvalue weighted by molar-refractivity contribution is -0.116. The van der Waals surface area contributed by atoms with Crippen molar-refractivity contribution in [1.29, 1.82) is 0 Å². The summed E-state index contributed by atoms with van der Waals surface area (Å²) in [5, 5.41) is 10.7. The molecule has 3 unspecified atom stereocenters. The van der Waals surface area contributed by atoms with E-state index in [0.29, 0.717) is 12.8 Å². The van der Waals surface area contributed by atoms with Gasteiger partial charge in [0.25, 0.3) is 0 Å². The summed E-state index contributed by atoms with van der Waals surface area (Å²) in [5.74, 6) is 0. The van der Waals surface area contributed by atoms with Gasteiger partial charge in [-0.2, -0.15) is 0 Å². The van der Waals surface area contributed by atoms with Crippen molar-refractivity contribution in [2.75, 3.05) is 0 Å². The molecular formula is C17H33NO4Si. The summed E-state index contributed by atoms with van der Waals surface area (Å²) in [6.07, 6.45) is 1.13. The van der Waals surface area contributed by atoms with Crippen LogP contribution in [0.25, 0.3) is 0 Å². The van der Waals surface area contributed by atoms with Crippen molar-refractivity contribution in [3.63, 3.8) is 0 Å². The van der Waals surface area contributed by atoms with Crippen LogP contribution < -0.4 is 0 Å². The second-order valence-electron chi connectivity index (χ2n) is 9.50. The Labute approximate surface area is 141 Å². The average Bonchev–Trinajstić information content (AvgIpc) is 2.75. The number of rotatable bonds is 2. The van der Waals surface area contributed by atoms with Crippen molar-refractivity contribution in [3.05, 3.63) is 0 Å². The van der Waals surface area contributed by atoms with E-state index in [9.17, 15) is 9.90 Å². The van der Waals surface area contributed by atoms with Gasteiger partial charge in [0.05, 0.1) is 0 Å². The van der Waals surface area contributed by atoms with Gasteiger partial charge in [0.15, 0.2) is 14.0 Å². The highest BCUT2D eigenvalue weighted by molar-refractivity contribution is 6.74. The van der Waals surface area contributed by atoms with E-state index < -0.39 is 25.7 Å². The molecule has 2 saturated heterocycles. The first-order valence-electron chi connectivity index (χ1n) is 8.60. The van der Waals surface area contributed by atoms with E-state index in [1.807, 2.05) is 20.8 Å². The minimum absolute atomic E-state index is 0.0156. The number of amides is 1. The molecule has 1 amide bonds. The molecule has 0 radical (unpaired) electrons. The van der Waals surface area contributed by atoms with E-state index in [0.717, 1.165) is 6.42 Å². The van der Waals surface area contributed by atoms with Gasteiger partial charge in [-0.3, -0.25) is 4.90 Å². The van der Waals surface area contributed by atoms with Gasteiger partial charge in [0.1, 0.15) is 11.7 Å². The molecule has 0 aliphatic carbocycles. The van der Waals surface area contributed by atoms with Gasteiger partial charge in [-0.05, 0) is 58.2 Å². The molecular weight excluding hydrogens is 310 g/mol. The van der Waals surface area contributed by atoms with E-state index >= 15 is 0 Å². The number of aliphatic hydroxyl groups excluding tert-OH is 1. The number of carbonyl (C=O) groups excluding carboxylic acids is 1. The molecule has 2 aliphatic rings. The first-order chi connectivity index (χ1) is 10.2. The fraction of sp³-hybridized carbons (Fsp3) is 0.941. The molecule has 5 nitrogen and oxygen atoms in total. The molecule has 0 aromatic carbocycles. The van der Waals surface area contributed by atoms with Crippen LogP contribution in [0.4, 0.5) is 4.79 Å². The highest BCUT2D eigenvalue weighted by Crippen LogP contribution is 2.51. The highest BCUT2D eigenvalue weighted by atomic mass is 28.4. The monoisotopic (exact) mass is 343 g/mol. The lowest BCUT2D eigenvalue weighted by Gasteiger charge is -2.47. The van der Waals surface area contributed by atoms with Crippen LogP contribution in [0.5, 0.6) is 0 Å². The predicted molar refractivity (Wildman–Crippen MR) is 92.7 cm³/mol. The summed E-state index contributed by atoms with van der Waals surface area (Å²) in [7, 11) is -2.13. The fourth-order valence-corrected chi connectivity index (χ4v) is 4.83. The van der Waals surface area contributed by atoms with Crippen molar-refractivity contribution in [1.82, 2.24) is 4.90 Å². The molecule has 0 saturated carbocycles. The van der Waals surface area contributed by atoms with Crippen LogP contribution in [0.15, 0.2) is 0 Å². The van der Waals surface area contributed by atoms with E-state index in [2.05, 4.69) is 33.9 Å². The maximum absolute atomic E-state index is 12.7. The number of fused-ring (bicyclic) bond motifs is 2. The highest BCUT2D eigenvalue weighted by Gasteiger charge is 2.64. The van der Waals surface area contributed by atoms with Crippen molar-refractivity contribution in [3.8, 4) is 0 Å². The zero-order chi connectivity index (χ0) is 17.8. The van der Waals surface area contributed by atoms with E-state index in [-0.39, 0.29) is 17.2 Å². The summed E-state index contributed by atoms with van der Waals surface area (Å²) in [6.45, 7) is 16.4.